The van der Waals surface area contributed by atoms with E-state index in [0.717, 1.165) is 36.5 Å². The quantitative estimate of drug-likeness (QED) is 0.582. The Morgan fingerprint density at radius 3 is 3.00 bits per heavy atom. The fraction of sp³-hybridized carbons (Fsp3) is 0.667. The Morgan fingerprint density at radius 2 is 2.29 bits per heavy atom. The second-order valence-electron chi connectivity index (χ2n) is 3.40. The molecule has 0 aliphatic carbocycles. The molecule has 1 aliphatic rings. The largest absolute Gasteiger partial charge is 0.394 e. The maximum absolute atomic E-state index is 9.22. The number of aliphatic hydroxyl groups excluding tert-OH is 2. The highest BCUT2D eigenvalue weighted by Gasteiger charge is 2.18. The molecule has 0 spiro atoms. The molecule has 0 bridgehead atoms. The minimum atomic E-state index is -0.00991. The van der Waals surface area contributed by atoms with Gasteiger partial charge in [0.2, 0.25) is 0 Å². The molecule has 3 N–H and O–H groups in total. The minimum Gasteiger partial charge on any atom is -0.394 e. The highest BCUT2D eigenvalue weighted by atomic mass is 16.3. The van der Waals surface area contributed by atoms with Crippen LogP contribution in [0.5, 0.6) is 0 Å². The molecule has 0 atom stereocenters. The van der Waals surface area contributed by atoms with Gasteiger partial charge in [-0.1, -0.05) is 0 Å². The van der Waals surface area contributed by atoms with Crippen molar-refractivity contribution in [1.29, 1.82) is 0 Å². The van der Waals surface area contributed by atoms with Gasteiger partial charge in [0.1, 0.15) is 0 Å². The van der Waals surface area contributed by atoms with E-state index < -0.39 is 0 Å². The summed E-state index contributed by atoms with van der Waals surface area (Å²) < 4.78 is 1.71. The molecule has 0 saturated heterocycles. The predicted molar refractivity (Wildman–Crippen MR) is 50.6 cm³/mol. The zero-order valence-electron chi connectivity index (χ0n) is 8.03. The van der Waals surface area contributed by atoms with E-state index in [2.05, 4.69) is 10.4 Å². The first-order valence-electron chi connectivity index (χ1n) is 4.86. The molecule has 2 heterocycles. The topological polar surface area (TPSA) is 70.3 Å². The summed E-state index contributed by atoms with van der Waals surface area (Å²) >= 11 is 0. The van der Waals surface area contributed by atoms with Crippen LogP contribution in [0.15, 0.2) is 0 Å². The molecular weight excluding hydrogens is 182 g/mol. The Morgan fingerprint density at radius 1 is 1.43 bits per heavy atom. The van der Waals surface area contributed by atoms with Gasteiger partial charge < -0.3 is 15.5 Å². The van der Waals surface area contributed by atoms with Crippen LogP contribution in [0.25, 0.3) is 0 Å². The third-order valence-electron chi connectivity index (χ3n) is 2.55. The van der Waals surface area contributed by atoms with Crippen molar-refractivity contribution in [3.8, 4) is 0 Å². The molecule has 78 valence electrons. The zero-order chi connectivity index (χ0) is 9.97. The Labute approximate surface area is 82.4 Å². The molecule has 1 aromatic rings. The van der Waals surface area contributed by atoms with E-state index in [1.807, 2.05) is 0 Å². The van der Waals surface area contributed by atoms with E-state index in [0.29, 0.717) is 6.54 Å². The van der Waals surface area contributed by atoms with Crippen molar-refractivity contribution in [3.63, 3.8) is 0 Å². The zero-order valence-corrected chi connectivity index (χ0v) is 8.03. The SMILES string of the molecule is OCCn1nc2c(c1CO)CNCC2. The van der Waals surface area contributed by atoms with Crippen molar-refractivity contribution in [2.75, 3.05) is 13.2 Å². The average molecular weight is 197 g/mol. The van der Waals surface area contributed by atoms with E-state index in [9.17, 15) is 5.11 Å². The molecule has 14 heavy (non-hydrogen) atoms. The molecule has 0 fully saturated rings. The smallest absolute Gasteiger partial charge is 0.0853 e. The van der Waals surface area contributed by atoms with Gasteiger partial charge in [-0.2, -0.15) is 5.10 Å². The van der Waals surface area contributed by atoms with Crippen LogP contribution < -0.4 is 5.32 Å². The van der Waals surface area contributed by atoms with Crippen LogP contribution in [0, 0.1) is 0 Å². The first kappa shape index (κ1) is 9.64. The maximum atomic E-state index is 9.22. The molecule has 5 nitrogen and oxygen atoms in total. The van der Waals surface area contributed by atoms with Crippen LogP contribution in [0.2, 0.25) is 0 Å². The molecular formula is C9H15N3O2. The molecule has 5 heteroatoms. The van der Waals surface area contributed by atoms with E-state index in [1.165, 1.54) is 0 Å². The lowest BCUT2D eigenvalue weighted by Gasteiger charge is -2.11. The third-order valence-corrected chi connectivity index (χ3v) is 2.55. The molecule has 2 rings (SSSR count). The van der Waals surface area contributed by atoms with Gasteiger partial charge in [-0.3, -0.25) is 4.68 Å². The van der Waals surface area contributed by atoms with Crippen LogP contribution in [0.1, 0.15) is 17.0 Å². The number of aliphatic hydroxyl groups is 2. The highest BCUT2D eigenvalue weighted by molar-refractivity contribution is 5.28. The van der Waals surface area contributed by atoms with Crippen molar-refractivity contribution in [1.82, 2.24) is 15.1 Å². The predicted octanol–water partition coefficient (Wildman–Crippen LogP) is -0.987. The van der Waals surface area contributed by atoms with Gasteiger partial charge in [0.15, 0.2) is 0 Å². The van der Waals surface area contributed by atoms with E-state index in [-0.39, 0.29) is 13.2 Å². The van der Waals surface area contributed by atoms with Gasteiger partial charge in [-0.25, -0.2) is 0 Å². The normalized spacial score (nSPS) is 15.6. The van der Waals surface area contributed by atoms with E-state index in [4.69, 9.17) is 5.11 Å². The van der Waals surface area contributed by atoms with E-state index in [1.54, 1.807) is 4.68 Å². The van der Waals surface area contributed by atoms with Gasteiger partial charge >= 0.3 is 0 Å². The van der Waals surface area contributed by atoms with Crippen molar-refractivity contribution in [2.24, 2.45) is 0 Å². The number of fused-ring (bicyclic) bond motifs is 1. The first-order chi connectivity index (χ1) is 6.86. The molecule has 0 aromatic carbocycles. The van der Waals surface area contributed by atoms with Crippen LogP contribution in [0.3, 0.4) is 0 Å². The Bertz CT molecular complexity index is 322. The number of hydrogen-bond donors (Lipinski definition) is 3. The van der Waals surface area contributed by atoms with Gasteiger partial charge in [0, 0.05) is 25.1 Å². The summed E-state index contributed by atoms with van der Waals surface area (Å²) in [5, 5.41) is 25.7. The summed E-state index contributed by atoms with van der Waals surface area (Å²) in [5.41, 5.74) is 3.00. The fourth-order valence-corrected chi connectivity index (χ4v) is 1.87. The molecule has 0 radical (unpaired) electrons. The summed E-state index contributed by atoms with van der Waals surface area (Å²) in [6.07, 6.45) is 0.904. The van der Waals surface area contributed by atoms with Crippen LogP contribution in [-0.4, -0.2) is 33.1 Å². The Hall–Kier alpha value is -0.910. The second kappa shape index (κ2) is 4.08. The van der Waals surface area contributed by atoms with Crippen molar-refractivity contribution in [3.05, 3.63) is 17.0 Å². The second-order valence-corrected chi connectivity index (χ2v) is 3.40. The summed E-state index contributed by atoms with van der Waals surface area (Å²) in [4.78, 5) is 0. The Balaban J connectivity index is 2.36. The van der Waals surface area contributed by atoms with Crippen molar-refractivity contribution < 1.29 is 10.2 Å². The van der Waals surface area contributed by atoms with Crippen LogP contribution >= 0.6 is 0 Å². The summed E-state index contributed by atoms with van der Waals surface area (Å²) in [6.45, 7) is 2.22. The Kier molecular flexibility index (Phi) is 2.81. The van der Waals surface area contributed by atoms with Crippen molar-refractivity contribution >= 4 is 0 Å². The summed E-state index contributed by atoms with van der Waals surface area (Å²) in [6, 6.07) is 0. The highest BCUT2D eigenvalue weighted by Crippen LogP contribution is 2.17. The van der Waals surface area contributed by atoms with Crippen LogP contribution in [0.4, 0.5) is 0 Å². The number of rotatable bonds is 3. The summed E-state index contributed by atoms with van der Waals surface area (Å²) in [5.74, 6) is 0. The number of nitrogens with zero attached hydrogens (tertiary/aromatic N) is 2. The fourth-order valence-electron chi connectivity index (χ4n) is 1.87. The molecule has 0 saturated carbocycles. The maximum Gasteiger partial charge on any atom is 0.0853 e. The molecule has 0 unspecified atom stereocenters. The van der Waals surface area contributed by atoms with E-state index >= 15 is 0 Å². The number of hydrogen-bond acceptors (Lipinski definition) is 4. The number of nitrogens with one attached hydrogen (secondary N) is 1. The summed E-state index contributed by atoms with van der Waals surface area (Å²) in [7, 11) is 0. The third kappa shape index (κ3) is 1.54. The lowest BCUT2D eigenvalue weighted by Crippen LogP contribution is -2.23. The lowest BCUT2D eigenvalue weighted by atomic mass is 10.1. The van der Waals surface area contributed by atoms with Crippen molar-refractivity contribution in [2.45, 2.75) is 26.1 Å². The minimum absolute atomic E-state index is 0.00991. The number of aromatic nitrogens is 2. The van der Waals surface area contributed by atoms with Gasteiger partial charge in [0.05, 0.1) is 31.1 Å². The molecule has 1 aliphatic heterocycles. The van der Waals surface area contributed by atoms with Crippen LogP contribution in [-0.2, 0) is 26.1 Å². The molecule has 0 amide bonds. The monoisotopic (exact) mass is 197 g/mol. The first-order valence-corrected chi connectivity index (χ1v) is 4.86. The standard InChI is InChI=1S/C9H15N3O2/c13-4-3-12-9(6-14)7-5-10-2-1-8(7)11-12/h10,13-14H,1-6H2. The van der Waals surface area contributed by atoms with Gasteiger partial charge in [-0.15, -0.1) is 0 Å². The van der Waals surface area contributed by atoms with Gasteiger partial charge in [-0.05, 0) is 0 Å². The molecule has 1 aromatic heterocycles. The lowest BCUT2D eigenvalue weighted by molar-refractivity contribution is 0.243. The van der Waals surface area contributed by atoms with Gasteiger partial charge in [0.25, 0.3) is 0 Å². The average Bonchev–Trinajstić information content (AvgIpc) is 2.55.